The summed E-state index contributed by atoms with van der Waals surface area (Å²) in [6, 6.07) is 5.63. The minimum atomic E-state index is -1.17. The van der Waals surface area contributed by atoms with Crippen LogP contribution in [-0.4, -0.2) is 33.0 Å². The summed E-state index contributed by atoms with van der Waals surface area (Å²) in [5, 5.41) is 19.0. The predicted molar refractivity (Wildman–Crippen MR) is 59.3 cm³/mol. The summed E-state index contributed by atoms with van der Waals surface area (Å²) in [4.78, 5) is 24.1. The summed E-state index contributed by atoms with van der Waals surface area (Å²) in [6.07, 6.45) is -0.911. The van der Waals surface area contributed by atoms with Crippen LogP contribution in [-0.2, 0) is 4.79 Å². The van der Waals surface area contributed by atoms with Crippen LogP contribution in [0.4, 0.5) is 0 Å². The van der Waals surface area contributed by atoms with Crippen molar-refractivity contribution in [1.82, 2.24) is 4.90 Å². The summed E-state index contributed by atoms with van der Waals surface area (Å²) in [7, 11) is 0. The Hall–Kier alpha value is -1.88. The fourth-order valence-corrected chi connectivity index (χ4v) is 2.12. The maximum absolute atomic E-state index is 12.0. The zero-order valence-electron chi connectivity index (χ0n) is 9.33. The Morgan fingerprint density at radius 3 is 2.65 bits per heavy atom. The number of aliphatic carboxylic acids is 1. The number of amides is 1. The van der Waals surface area contributed by atoms with Crippen LogP contribution in [0.3, 0.4) is 0 Å². The third-order valence-electron chi connectivity index (χ3n) is 2.97. The van der Waals surface area contributed by atoms with E-state index in [1.165, 1.54) is 0 Å². The van der Waals surface area contributed by atoms with Crippen LogP contribution in [0.1, 0.15) is 35.5 Å². The van der Waals surface area contributed by atoms with Crippen molar-refractivity contribution in [2.45, 2.75) is 25.6 Å². The van der Waals surface area contributed by atoms with Crippen LogP contribution in [0, 0.1) is 0 Å². The monoisotopic (exact) mass is 235 g/mol. The molecule has 0 saturated carbocycles. The highest BCUT2D eigenvalue weighted by molar-refractivity contribution is 6.00. The molecule has 2 atom stereocenters. The number of fused-ring (bicyclic) bond motifs is 1. The lowest BCUT2D eigenvalue weighted by Crippen LogP contribution is -2.43. The molecule has 2 rings (SSSR count). The molecule has 2 N–H and O–H groups in total. The van der Waals surface area contributed by atoms with E-state index in [-0.39, 0.29) is 6.42 Å². The standard InChI is InChI=1S/C12H13NO4/c1-2-9(12(16)17)13-10(14)7-5-3-4-6-8(7)11(13)15/h3-6,9-10,14H,2H2,1H3,(H,16,17). The van der Waals surface area contributed by atoms with Gasteiger partial charge >= 0.3 is 5.97 Å². The second-order valence-electron chi connectivity index (χ2n) is 3.94. The van der Waals surface area contributed by atoms with E-state index >= 15 is 0 Å². The first-order valence-corrected chi connectivity index (χ1v) is 5.40. The van der Waals surface area contributed by atoms with Gasteiger partial charge < -0.3 is 10.2 Å². The Morgan fingerprint density at radius 2 is 2.12 bits per heavy atom. The van der Waals surface area contributed by atoms with Crippen molar-refractivity contribution in [2.75, 3.05) is 0 Å². The van der Waals surface area contributed by atoms with E-state index in [0.29, 0.717) is 11.1 Å². The normalized spacial score (nSPS) is 20.2. The molecule has 0 radical (unpaired) electrons. The number of aliphatic hydroxyl groups excluding tert-OH is 1. The van der Waals surface area contributed by atoms with Gasteiger partial charge in [-0.3, -0.25) is 9.69 Å². The molecule has 1 aromatic carbocycles. The van der Waals surface area contributed by atoms with Gasteiger partial charge in [-0.25, -0.2) is 4.79 Å². The Kier molecular flexibility index (Phi) is 2.85. The molecule has 2 unspecified atom stereocenters. The summed E-state index contributed by atoms with van der Waals surface area (Å²) in [5.41, 5.74) is 0.844. The predicted octanol–water partition coefficient (Wildman–Crippen LogP) is 0.997. The molecule has 1 aromatic rings. The van der Waals surface area contributed by atoms with Gasteiger partial charge in [0.15, 0.2) is 6.23 Å². The molecule has 90 valence electrons. The first-order valence-electron chi connectivity index (χ1n) is 5.40. The lowest BCUT2D eigenvalue weighted by atomic mass is 10.1. The molecule has 1 aliphatic heterocycles. The number of aliphatic hydroxyl groups is 1. The summed E-state index contributed by atoms with van der Waals surface area (Å²) in [5.74, 6) is -1.53. The number of hydrogen-bond donors (Lipinski definition) is 2. The van der Waals surface area contributed by atoms with Crippen molar-refractivity contribution < 1.29 is 19.8 Å². The average Bonchev–Trinajstić information content (AvgIpc) is 2.56. The lowest BCUT2D eigenvalue weighted by molar-refractivity contribution is -0.146. The Balaban J connectivity index is 2.42. The molecule has 1 heterocycles. The van der Waals surface area contributed by atoms with Gasteiger partial charge in [-0.05, 0) is 12.5 Å². The molecule has 5 heteroatoms. The third kappa shape index (κ3) is 1.68. The third-order valence-corrected chi connectivity index (χ3v) is 2.97. The van der Waals surface area contributed by atoms with E-state index in [4.69, 9.17) is 5.11 Å². The average molecular weight is 235 g/mol. The molecule has 17 heavy (non-hydrogen) atoms. The molecule has 5 nitrogen and oxygen atoms in total. The van der Waals surface area contributed by atoms with Gasteiger partial charge in [0.05, 0.1) is 0 Å². The van der Waals surface area contributed by atoms with Gasteiger partial charge in [-0.15, -0.1) is 0 Å². The van der Waals surface area contributed by atoms with Crippen LogP contribution >= 0.6 is 0 Å². The van der Waals surface area contributed by atoms with Gasteiger partial charge in [-0.2, -0.15) is 0 Å². The molecule has 0 aromatic heterocycles. The summed E-state index contributed by atoms with van der Waals surface area (Å²) in [6.45, 7) is 1.67. The molecule has 0 aliphatic carbocycles. The van der Waals surface area contributed by atoms with Gasteiger partial charge in [0, 0.05) is 11.1 Å². The topological polar surface area (TPSA) is 77.8 Å². The van der Waals surface area contributed by atoms with E-state index in [1.807, 2.05) is 0 Å². The molecule has 1 aliphatic rings. The molecule has 0 saturated heterocycles. The van der Waals surface area contributed by atoms with E-state index in [1.54, 1.807) is 31.2 Å². The molecule has 0 fully saturated rings. The lowest BCUT2D eigenvalue weighted by Gasteiger charge is -2.26. The maximum atomic E-state index is 12.0. The summed E-state index contributed by atoms with van der Waals surface area (Å²) >= 11 is 0. The number of rotatable bonds is 3. The maximum Gasteiger partial charge on any atom is 0.326 e. The largest absolute Gasteiger partial charge is 0.480 e. The Labute approximate surface area is 98.3 Å². The molecular weight excluding hydrogens is 222 g/mol. The van der Waals surface area contributed by atoms with Gasteiger partial charge in [-0.1, -0.05) is 25.1 Å². The zero-order valence-corrected chi connectivity index (χ0v) is 9.33. The van der Waals surface area contributed by atoms with Crippen LogP contribution in [0.5, 0.6) is 0 Å². The van der Waals surface area contributed by atoms with Gasteiger partial charge in [0.25, 0.3) is 5.91 Å². The van der Waals surface area contributed by atoms with Crippen LogP contribution in [0.25, 0.3) is 0 Å². The fraction of sp³-hybridized carbons (Fsp3) is 0.333. The Morgan fingerprint density at radius 1 is 1.47 bits per heavy atom. The number of carboxylic acid groups (broad SMARTS) is 1. The smallest absolute Gasteiger partial charge is 0.326 e. The van der Waals surface area contributed by atoms with Gasteiger partial charge in [0.2, 0.25) is 0 Å². The minimum Gasteiger partial charge on any atom is -0.480 e. The van der Waals surface area contributed by atoms with Crippen LogP contribution < -0.4 is 0 Å². The number of nitrogens with zero attached hydrogens (tertiary/aromatic N) is 1. The first-order chi connectivity index (χ1) is 8.07. The Bertz CT molecular complexity index is 471. The molecule has 0 bridgehead atoms. The number of benzene rings is 1. The van der Waals surface area contributed by atoms with E-state index < -0.39 is 24.1 Å². The van der Waals surface area contributed by atoms with Crippen molar-refractivity contribution >= 4 is 11.9 Å². The van der Waals surface area contributed by atoms with E-state index in [9.17, 15) is 14.7 Å². The SMILES string of the molecule is CCC(C(=O)O)N1C(=O)c2ccccc2C1O. The van der Waals surface area contributed by atoms with Crippen LogP contribution in [0.2, 0.25) is 0 Å². The second kappa shape index (κ2) is 4.18. The number of carbonyl (C=O) groups is 2. The van der Waals surface area contributed by atoms with Crippen LogP contribution in [0.15, 0.2) is 24.3 Å². The highest BCUT2D eigenvalue weighted by Crippen LogP contribution is 2.33. The number of carboxylic acids is 1. The minimum absolute atomic E-state index is 0.256. The number of hydrogen-bond acceptors (Lipinski definition) is 3. The zero-order chi connectivity index (χ0) is 12.6. The quantitative estimate of drug-likeness (QED) is 0.819. The first kappa shape index (κ1) is 11.6. The van der Waals surface area contributed by atoms with Crippen molar-refractivity contribution in [2.24, 2.45) is 0 Å². The fourth-order valence-electron chi connectivity index (χ4n) is 2.12. The van der Waals surface area contributed by atoms with E-state index in [0.717, 1.165) is 4.90 Å². The van der Waals surface area contributed by atoms with Crippen molar-refractivity contribution in [3.05, 3.63) is 35.4 Å². The van der Waals surface area contributed by atoms with E-state index in [2.05, 4.69) is 0 Å². The number of carbonyl (C=O) groups excluding carboxylic acids is 1. The summed E-state index contributed by atoms with van der Waals surface area (Å²) < 4.78 is 0. The highest BCUT2D eigenvalue weighted by Gasteiger charge is 2.41. The van der Waals surface area contributed by atoms with Crippen molar-refractivity contribution in [1.29, 1.82) is 0 Å². The van der Waals surface area contributed by atoms with Crippen molar-refractivity contribution in [3.8, 4) is 0 Å². The molecule has 1 amide bonds. The van der Waals surface area contributed by atoms with Gasteiger partial charge in [0.1, 0.15) is 6.04 Å². The molecule has 0 spiro atoms. The molecular formula is C12H13NO4. The highest BCUT2D eigenvalue weighted by atomic mass is 16.4. The second-order valence-corrected chi connectivity index (χ2v) is 3.94. The van der Waals surface area contributed by atoms with Crippen molar-refractivity contribution in [3.63, 3.8) is 0 Å².